The fourth-order valence-electron chi connectivity index (χ4n) is 1.55. The predicted octanol–water partition coefficient (Wildman–Crippen LogP) is 1.91. The molecule has 0 aromatic heterocycles. The molecule has 0 aliphatic heterocycles. The van der Waals surface area contributed by atoms with Crippen molar-refractivity contribution in [2.24, 2.45) is 5.73 Å². The molecule has 0 spiro atoms. The molecule has 0 radical (unpaired) electrons. The van der Waals surface area contributed by atoms with Crippen molar-refractivity contribution < 1.29 is 14.3 Å². The van der Waals surface area contributed by atoms with Crippen LogP contribution in [-0.2, 0) is 20.7 Å². The molecule has 4 heteroatoms. The highest BCUT2D eigenvalue weighted by Gasteiger charge is 2.16. The van der Waals surface area contributed by atoms with Crippen LogP contribution in [0.3, 0.4) is 0 Å². The average molecular weight is 265 g/mol. The van der Waals surface area contributed by atoms with E-state index >= 15 is 0 Å². The van der Waals surface area contributed by atoms with Crippen LogP contribution < -0.4 is 5.73 Å². The second-order valence-electron chi connectivity index (χ2n) is 5.42. The lowest BCUT2D eigenvalue weighted by Gasteiger charge is -2.19. The fourth-order valence-corrected chi connectivity index (χ4v) is 1.55. The molecule has 0 aliphatic rings. The van der Waals surface area contributed by atoms with Crippen LogP contribution in [-0.4, -0.2) is 30.8 Å². The van der Waals surface area contributed by atoms with E-state index in [2.05, 4.69) is 0 Å². The Balaban J connectivity index is 2.26. The van der Waals surface area contributed by atoms with Crippen molar-refractivity contribution in [3.63, 3.8) is 0 Å². The van der Waals surface area contributed by atoms with Gasteiger partial charge in [0.05, 0.1) is 12.2 Å². The zero-order valence-corrected chi connectivity index (χ0v) is 11.9. The molecule has 1 atom stereocenters. The highest BCUT2D eigenvalue weighted by molar-refractivity contribution is 5.75. The minimum Gasteiger partial charge on any atom is -0.462 e. The van der Waals surface area contributed by atoms with E-state index in [4.69, 9.17) is 15.2 Å². The van der Waals surface area contributed by atoms with Crippen molar-refractivity contribution in [2.45, 2.75) is 38.8 Å². The van der Waals surface area contributed by atoms with Crippen molar-refractivity contribution in [2.75, 3.05) is 13.2 Å². The zero-order valence-electron chi connectivity index (χ0n) is 11.9. The van der Waals surface area contributed by atoms with E-state index in [1.807, 2.05) is 51.1 Å². The SMILES string of the molecule is CC(C)(C)OCCOC(=O)[C@@H](N)Cc1ccccc1. The first kappa shape index (κ1) is 15.7. The molecule has 1 aromatic rings. The Kier molecular flexibility index (Phi) is 5.99. The molecular weight excluding hydrogens is 242 g/mol. The number of carbonyl (C=O) groups is 1. The summed E-state index contributed by atoms with van der Waals surface area (Å²) in [4.78, 5) is 11.7. The Bertz CT molecular complexity index is 384. The Morgan fingerprint density at radius 3 is 2.42 bits per heavy atom. The van der Waals surface area contributed by atoms with Gasteiger partial charge in [0.25, 0.3) is 0 Å². The third kappa shape index (κ3) is 6.94. The maximum atomic E-state index is 11.7. The summed E-state index contributed by atoms with van der Waals surface area (Å²) in [6.45, 7) is 6.48. The largest absolute Gasteiger partial charge is 0.462 e. The van der Waals surface area contributed by atoms with E-state index in [1.54, 1.807) is 0 Å². The van der Waals surface area contributed by atoms with Crippen molar-refractivity contribution >= 4 is 5.97 Å². The molecular formula is C15H23NO3. The van der Waals surface area contributed by atoms with E-state index in [0.29, 0.717) is 13.0 Å². The Hall–Kier alpha value is -1.39. The van der Waals surface area contributed by atoms with Crippen LogP contribution in [0, 0.1) is 0 Å². The molecule has 0 aliphatic carbocycles. The number of ether oxygens (including phenoxy) is 2. The van der Waals surface area contributed by atoms with Crippen LogP contribution in [0.5, 0.6) is 0 Å². The van der Waals surface area contributed by atoms with E-state index in [1.165, 1.54) is 0 Å². The van der Waals surface area contributed by atoms with Crippen LogP contribution in [0.1, 0.15) is 26.3 Å². The first-order valence-corrected chi connectivity index (χ1v) is 6.48. The molecule has 0 bridgehead atoms. The van der Waals surface area contributed by atoms with Gasteiger partial charge in [0.2, 0.25) is 0 Å². The summed E-state index contributed by atoms with van der Waals surface area (Å²) >= 11 is 0. The third-order valence-corrected chi connectivity index (χ3v) is 2.46. The van der Waals surface area contributed by atoms with Gasteiger partial charge in [-0.15, -0.1) is 0 Å². The molecule has 2 N–H and O–H groups in total. The lowest BCUT2D eigenvalue weighted by Crippen LogP contribution is -2.35. The molecule has 1 rings (SSSR count). The number of hydrogen-bond acceptors (Lipinski definition) is 4. The topological polar surface area (TPSA) is 61.5 Å². The van der Waals surface area contributed by atoms with Crippen molar-refractivity contribution in [3.8, 4) is 0 Å². The summed E-state index contributed by atoms with van der Waals surface area (Å²) < 4.78 is 10.5. The molecule has 0 fully saturated rings. The van der Waals surface area contributed by atoms with Gasteiger partial charge in [-0.2, -0.15) is 0 Å². The van der Waals surface area contributed by atoms with E-state index in [9.17, 15) is 4.79 Å². The second kappa shape index (κ2) is 7.26. The average Bonchev–Trinajstić information content (AvgIpc) is 2.34. The van der Waals surface area contributed by atoms with Crippen molar-refractivity contribution in [1.82, 2.24) is 0 Å². The number of carbonyl (C=O) groups excluding carboxylic acids is 1. The first-order chi connectivity index (χ1) is 8.88. The molecule has 1 aromatic carbocycles. The van der Waals surface area contributed by atoms with Crippen LogP contribution in [0.4, 0.5) is 0 Å². The van der Waals surface area contributed by atoms with Gasteiger partial charge in [-0.1, -0.05) is 30.3 Å². The maximum Gasteiger partial charge on any atom is 0.323 e. The second-order valence-corrected chi connectivity index (χ2v) is 5.42. The van der Waals surface area contributed by atoms with Crippen LogP contribution in [0.15, 0.2) is 30.3 Å². The highest BCUT2D eigenvalue weighted by Crippen LogP contribution is 2.06. The van der Waals surface area contributed by atoms with Crippen LogP contribution >= 0.6 is 0 Å². The van der Waals surface area contributed by atoms with Gasteiger partial charge in [-0.05, 0) is 32.8 Å². The fraction of sp³-hybridized carbons (Fsp3) is 0.533. The lowest BCUT2D eigenvalue weighted by molar-refractivity contribution is -0.148. The summed E-state index contributed by atoms with van der Waals surface area (Å²) in [6, 6.07) is 9.02. The summed E-state index contributed by atoms with van der Waals surface area (Å²) in [5.41, 5.74) is 6.60. The summed E-state index contributed by atoms with van der Waals surface area (Å²) in [5.74, 6) is -0.388. The van der Waals surface area contributed by atoms with Gasteiger partial charge in [0, 0.05) is 0 Å². The van der Waals surface area contributed by atoms with Crippen LogP contribution in [0.25, 0.3) is 0 Å². The van der Waals surface area contributed by atoms with Gasteiger partial charge < -0.3 is 15.2 Å². The Morgan fingerprint density at radius 2 is 1.84 bits per heavy atom. The minimum atomic E-state index is -0.628. The van der Waals surface area contributed by atoms with E-state index < -0.39 is 6.04 Å². The highest BCUT2D eigenvalue weighted by atomic mass is 16.6. The Morgan fingerprint density at radius 1 is 1.21 bits per heavy atom. The van der Waals surface area contributed by atoms with Gasteiger partial charge >= 0.3 is 5.97 Å². The number of hydrogen-bond donors (Lipinski definition) is 1. The molecule has 0 amide bonds. The number of rotatable bonds is 6. The quantitative estimate of drug-likeness (QED) is 0.630. The first-order valence-electron chi connectivity index (χ1n) is 6.48. The third-order valence-electron chi connectivity index (χ3n) is 2.46. The molecule has 0 heterocycles. The maximum absolute atomic E-state index is 11.7. The number of benzene rings is 1. The summed E-state index contributed by atoms with van der Waals surface area (Å²) in [7, 11) is 0. The summed E-state index contributed by atoms with van der Waals surface area (Å²) in [5, 5.41) is 0. The molecule has 106 valence electrons. The molecule has 0 saturated carbocycles. The standard InChI is InChI=1S/C15H23NO3/c1-15(2,3)19-10-9-18-14(17)13(16)11-12-7-5-4-6-8-12/h4-8,13H,9-11,16H2,1-3H3/t13-/m0/s1. The van der Waals surface area contributed by atoms with E-state index in [-0.39, 0.29) is 18.2 Å². The van der Waals surface area contributed by atoms with Gasteiger partial charge in [-0.3, -0.25) is 4.79 Å². The lowest BCUT2D eigenvalue weighted by atomic mass is 10.1. The molecule has 0 unspecified atom stereocenters. The van der Waals surface area contributed by atoms with E-state index in [0.717, 1.165) is 5.56 Å². The number of nitrogens with two attached hydrogens (primary N) is 1. The summed E-state index contributed by atoms with van der Waals surface area (Å²) in [6.07, 6.45) is 0.486. The van der Waals surface area contributed by atoms with Crippen LogP contribution in [0.2, 0.25) is 0 Å². The predicted molar refractivity (Wildman–Crippen MR) is 74.8 cm³/mol. The van der Waals surface area contributed by atoms with Gasteiger partial charge in [0.1, 0.15) is 12.6 Å². The Labute approximate surface area is 114 Å². The van der Waals surface area contributed by atoms with Gasteiger partial charge in [0.15, 0.2) is 0 Å². The normalized spacial score (nSPS) is 13.1. The molecule has 4 nitrogen and oxygen atoms in total. The molecule has 19 heavy (non-hydrogen) atoms. The monoisotopic (exact) mass is 265 g/mol. The smallest absolute Gasteiger partial charge is 0.323 e. The minimum absolute atomic E-state index is 0.224. The van der Waals surface area contributed by atoms with Crippen molar-refractivity contribution in [3.05, 3.63) is 35.9 Å². The van der Waals surface area contributed by atoms with Crippen molar-refractivity contribution in [1.29, 1.82) is 0 Å². The van der Waals surface area contributed by atoms with Gasteiger partial charge in [-0.25, -0.2) is 0 Å². The molecule has 0 saturated heterocycles. The zero-order chi connectivity index (χ0) is 14.3. The number of esters is 1.